The molecule has 1 aromatic heterocycles. The molecule has 3 heteroatoms. The van der Waals surface area contributed by atoms with Gasteiger partial charge < -0.3 is 5.73 Å². The maximum atomic E-state index is 6.35. The summed E-state index contributed by atoms with van der Waals surface area (Å²) in [7, 11) is 0. The Morgan fingerprint density at radius 2 is 2.18 bits per heavy atom. The monoisotopic (exact) mass is 227 g/mol. The number of nitrogens with zero attached hydrogens (tertiary/aromatic N) is 1. The van der Waals surface area contributed by atoms with Gasteiger partial charge in [0.2, 0.25) is 0 Å². The van der Waals surface area contributed by atoms with Crippen molar-refractivity contribution in [3.63, 3.8) is 0 Å². The Kier molecular flexibility index (Phi) is 2.57. The molecule has 0 radical (unpaired) electrons. The zero-order valence-corrected chi connectivity index (χ0v) is 9.82. The van der Waals surface area contributed by atoms with E-state index in [4.69, 9.17) is 5.73 Å². The van der Waals surface area contributed by atoms with Crippen LogP contribution in [0.4, 0.5) is 0 Å². The van der Waals surface area contributed by atoms with Crippen molar-refractivity contribution in [1.82, 2.24) is 10.3 Å². The molecule has 0 aliphatic carbocycles. The molecule has 2 aromatic rings. The van der Waals surface area contributed by atoms with Gasteiger partial charge in [-0.3, -0.25) is 10.3 Å². The summed E-state index contributed by atoms with van der Waals surface area (Å²) < 4.78 is 0. The van der Waals surface area contributed by atoms with Crippen LogP contribution in [0.3, 0.4) is 0 Å². The molecule has 1 saturated heterocycles. The van der Waals surface area contributed by atoms with Gasteiger partial charge in [-0.05, 0) is 37.1 Å². The molecule has 1 aromatic carbocycles. The molecular weight excluding hydrogens is 210 g/mol. The third kappa shape index (κ3) is 2.04. The first-order valence-corrected chi connectivity index (χ1v) is 6.13. The van der Waals surface area contributed by atoms with Gasteiger partial charge in [-0.1, -0.05) is 18.2 Å². The van der Waals surface area contributed by atoms with Crippen molar-refractivity contribution in [1.29, 1.82) is 0 Å². The minimum Gasteiger partial charge on any atom is -0.313 e. The van der Waals surface area contributed by atoms with E-state index < -0.39 is 0 Å². The van der Waals surface area contributed by atoms with Gasteiger partial charge in [0.05, 0.1) is 11.2 Å². The second-order valence-corrected chi connectivity index (χ2v) is 4.85. The summed E-state index contributed by atoms with van der Waals surface area (Å²) in [5, 5.41) is 4.62. The van der Waals surface area contributed by atoms with E-state index in [1.165, 1.54) is 17.4 Å². The van der Waals surface area contributed by atoms with E-state index in [9.17, 15) is 0 Å². The van der Waals surface area contributed by atoms with Crippen LogP contribution in [0.5, 0.6) is 0 Å². The number of pyridine rings is 1. The summed E-state index contributed by atoms with van der Waals surface area (Å²) in [4.78, 5) is 4.38. The van der Waals surface area contributed by atoms with E-state index in [0.717, 1.165) is 24.9 Å². The highest BCUT2D eigenvalue weighted by Crippen LogP contribution is 2.23. The molecule has 1 aliphatic rings. The number of para-hydroxylation sites is 1. The van der Waals surface area contributed by atoms with Crippen LogP contribution in [-0.2, 0) is 6.42 Å². The van der Waals surface area contributed by atoms with Gasteiger partial charge in [-0.25, -0.2) is 0 Å². The molecule has 17 heavy (non-hydrogen) atoms. The molecule has 2 heterocycles. The van der Waals surface area contributed by atoms with Crippen LogP contribution in [0, 0.1) is 0 Å². The Morgan fingerprint density at radius 1 is 1.29 bits per heavy atom. The molecule has 88 valence electrons. The van der Waals surface area contributed by atoms with Gasteiger partial charge in [0, 0.05) is 18.0 Å². The minimum absolute atomic E-state index is 0.232. The molecule has 1 fully saturated rings. The fraction of sp³-hybridized carbons (Fsp3) is 0.357. The molecule has 0 spiro atoms. The van der Waals surface area contributed by atoms with E-state index in [1.54, 1.807) is 0 Å². The third-order valence-electron chi connectivity index (χ3n) is 3.52. The normalized spacial score (nSPS) is 24.3. The van der Waals surface area contributed by atoms with E-state index in [2.05, 4.69) is 28.5 Å². The molecule has 1 atom stereocenters. The van der Waals surface area contributed by atoms with Crippen molar-refractivity contribution < 1.29 is 0 Å². The van der Waals surface area contributed by atoms with Gasteiger partial charge in [0.15, 0.2) is 0 Å². The number of nitrogens with two attached hydrogens (primary N) is 1. The Balaban J connectivity index is 2.00. The lowest BCUT2D eigenvalue weighted by Crippen LogP contribution is -2.50. The van der Waals surface area contributed by atoms with Gasteiger partial charge in [-0.2, -0.15) is 0 Å². The highest BCUT2D eigenvalue weighted by molar-refractivity contribution is 5.81. The second kappa shape index (κ2) is 4.09. The van der Waals surface area contributed by atoms with Gasteiger partial charge in [-0.15, -0.1) is 0 Å². The van der Waals surface area contributed by atoms with Crippen LogP contribution in [0.2, 0.25) is 0 Å². The highest BCUT2D eigenvalue weighted by atomic mass is 15.1. The van der Waals surface area contributed by atoms with Crippen molar-refractivity contribution in [3.8, 4) is 0 Å². The number of aromatic nitrogens is 1. The molecule has 0 saturated carbocycles. The fourth-order valence-electron chi connectivity index (χ4n) is 2.63. The number of hydrogen-bond donors (Lipinski definition) is 2. The standard InChI is InChI=1S/C14H17N3/c15-14(7-3-8-17-14)10-11-6-9-16-13-5-2-1-4-12(11)13/h1-2,4-6,9,17H,3,7-8,10,15H2. The van der Waals surface area contributed by atoms with Crippen molar-refractivity contribution in [2.45, 2.75) is 24.9 Å². The average molecular weight is 227 g/mol. The summed E-state index contributed by atoms with van der Waals surface area (Å²) in [6.07, 6.45) is 4.95. The SMILES string of the molecule is NC1(Cc2ccnc3ccccc23)CCCN1. The van der Waals surface area contributed by atoms with Crippen molar-refractivity contribution in [2.24, 2.45) is 5.73 Å². The number of nitrogens with one attached hydrogen (secondary N) is 1. The lowest BCUT2D eigenvalue weighted by molar-refractivity contribution is 0.389. The number of fused-ring (bicyclic) bond motifs is 1. The summed E-state index contributed by atoms with van der Waals surface area (Å²) >= 11 is 0. The van der Waals surface area contributed by atoms with E-state index >= 15 is 0 Å². The van der Waals surface area contributed by atoms with Crippen molar-refractivity contribution in [3.05, 3.63) is 42.1 Å². The quantitative estimate of drug-likeness (QED) is 0.822. The zero-order chi connectivity index (χ0) is 11.7. The van der Waals surface area contributed by atoms with Gasteiger partial charge in [0.1, 0.15) is 0 Å². The molecular formula is C14H17N3. The van der Waals surface area contributed by atoms with E-state index in [1.807, 2.05) is 18.3 Å². The first kappa shape index (κ1) is 10.7. The Labute approximate surface area is 101 Å². The van der Waals surface area contributed by atoms with Gasteiger partial charge in [0.25, 0.3) is 0 Å². The summed E-state index contributed by atoms with van der Waals surface area (Å²) in [5.41, 5.74) is 8.45. The Hall–Kier alpha value is -1.45. The molecule has 3 rings (SSSR count). The Morgan fingerprint density at radius 3 is 3.00 bits per heavy atom. The maximum Gasteiger partial charge on any atom is 0.0704 e. The first-order chi connectivity index (χ1) is 8.27. The minimum atomic E-state index is -0.232. The summed E-state index contributed by atoms with van der Waals surface area (Å²) in [6, 6.07) is 10.3. The smallest absolute Gasteiger partial charge is 0.0704 e. The Bertz CT molecular complexity index is 524. The lowest BCUT2D eigenvalue weighted by atomic mass is 9.96. The molecule has 1 aliphatic heterocycles. The van der Waals surface area contributed by atoms with Crippen LogP contribution in [0.15, 0.2) is 36.5 Å². The van der Waals surface area contributed by atoms with Crippen LogP contribution in [0.25, 0.3) is 10.9 Å². The zero-order valence-electron chi connectivity index (χ0n) is 9.82. The molecule has 3 nitrogen and oxygen atoms in total. The summed E-state index contributed by atoms with van der Waals surface area (Å²) in [5.74, 6) is 0. The van der Waals surface area contributed by atoms with Crippen molar-refractivity contribution in [2.75, 3.05) is 6.54 Å². The van der Waals surface area contributed by atoms with Crippen LogP contribution in [0.1, 0.15) is 18.4 Å². The lowest BCUT2D eigenvalue weighted by Gasteiger charge is -2.24. The molecule has 1 unspecified atom stereocenters. The first-order valence-electron chi connectivity index (χ1n) is 6.13. The number of rotatable bonds is 2. The van der Waals surface area contributed by atoms with Crippen LogP contribution < -0.4 is 11.1 Å². The molecule has 3 N–H and O–H groups in total. The highest BCUT2D eigenvalue weighted by Gasteiger charge is 2.29. The van der Waals surface area contributed by atoms with Gasteiger partial charge >= 0.3 is 0 Å². The van der Waals surface area contributed by atoms with Crippen LogP contribution >= 0.6 is 0 Å². The predicted octanol–water partition coefficient (Wildman–Crippen LogP) is 1.82. The van der Waals surface area contributed by atoms with Crippen LogP contribution in [-0.4, -0.2) is 17.2 Å². The number of benzene rings is 1. The molecule has 0 bridgehead atoms. The average Bonchev–Trinajstić information content (AvgIpc) is 2.76. The number of hydrogen-bond acceptors (Lipinski definition) is 3. The second-order valence-electron chi connectivity index (χ2n) is 4.85. The largest absolute Gasteiger partial charge is 0.313 e. The molecule has 0 amide bonds. The third-order valence-corrected chi connectivity index (χ3v) is 3.52. The topological polar surface area (TPSA) is 50.9 Å². The predicted molar refractivity (Wildman–Crippen MR) is 69.6 cm³/mol. The fourth-order valence-corrected chi connectivity index (χ4v) is 2.63. The van der Waals surface area contributed by atoms with Crippen molar-refractivity contribution >= 4 is 10.9 Å². The summed E-state index contributed by atoms with van der Waals surface area (Å²) in [6.45, 7) is 1.03. The van der Waals surface area contributed by atoms with E-state index in [-0.39, 0.29) is 5.66 Å². The van der Waals surface area contributed by atoms with E-state index in [0.29, 0.717) is 0 Å². The maximum absolute atomic E-state index is 6.35.